The first-order valence-electron chi connectivity index (χ1n) is 15.8. The Balaban J connectivity index is 2.03. The van der Waals surface area contributed by atoms with E-state index in [1.807, 2.05) is 19.9 Å². The predicted molar refractivity (Wildman–Crippen MR) is 187 cm³/mol. The van der Waals surface area contributed by atoms with E-state index in [2.05, 4.69) is 19.2 Å². The molecule has 1 aliphatic rings. The van der Waals surface area contributed by atoms with Crippen molar-refractivity contribution in [2.24, 2.45) is 4.99 Å². The Morgan fingerprint density at radius 3 is 1.96 bits per heavy atom. The van der Waals surface area contributed by atoms with Gasteiger partial charge in [-0.2, -0.15) is 0 Å². The summed E-state index contributed by atoms with van der Waals surface area (Å²) >= 11 is 0. The summed E-state index contributed by atoms with van der Waals surface area (Å²) < 4.78 is 17.6. The number of unbranched alkanes of at least 4 members (excludes halogenated alkanes) is 2. The number of benzene rings is 5. The fraction of sp³-hybridized carbons (Fsp3) is 0.378. The van der Waals surface area contributed by atoms with Crippen LogP contribution in [-0.2, 0) is 0 Å². The van der Waals surface area contributed by atoms with Gasteiger partial charge in [-0.3, -0.25) is 14.6 Å². The molecule has 0 saturated heterocycles. The van der Waals surface area contributed by atoms with Gasteiger partial charge in [-0.15, -0.1) is 0 Å². The van der Waals surface area contributed by atoms with E-state index in [-0.39, 0.29) is 33.4 Å². The zero-order chi connectivity index (χ0) is 33.0. The maximum atomic E-state index is 14.5. The molecule has 0 amide bonds. The maximum Gasteiger partial charge on any atom is 0.232 e. The van der Waals surface area contributed by atoms with Crippen molar-refractivity contribution in [2.75, 3.05) is 39.7 Å². The Hall–Kier alpha value is -4.79. The molecule has 0 saturated carbocycles. The number of ether oxygens (including phenoxy) is 3. The molecular formula is C37H40N2O7. The molecule has 0 spiro atoms. The first-order valence-corrected chi connectivity index (χ1v) is 15.8. The van der Waals surface area contributed by atoms with Crippen molar-refractivity contribution in [3.8, 4) is 28.7 Å². The third-order valence-electron chi connectivity index (χ3n) is 9.36. The number of phenols is 2. The van der Waals surface area contributed by atoms with Crippen LogP contribution < -0.4 is 30.4 Å². The minimum atomic E-state index is -0.470. The number of phenolic OH excluding ortho intramolecular Hbond substituents is 2. The maximum absolute atomic E-state index is 14.5. The highest BCUT2D eigenvalue weighted by atomic mass is 16.5. The van der Waals surface area contributed by atoms with Crippen LogP contribution in [0.4, 0.5) is 5.69 Å². The summed E-state index contributed by atoms with van der Waals surface area (Å²) in [5, 5.41) is 29.7. The second-order valence-corrected chi connectivity index (χ2v) is 12.1. The van der Waals surface area contributed by atoms with Gasteiger partial charge in [-0.25, -0.2) is 0 Å². The van der Waals surface area contributed by atoms with Crippen LogP contribution in [0, 0.1) is 0 Å². The summed E-state index contributed by atoms with van der Waals surface area (Å²) in [7, 11) is 4.43. The van der Waals surface area contributed by atoms with Gasteiger partial charge in [0.15, 0.2) is 5.75 Å². The third kappa shape index (κ3) is 4.31. The summed E-state index contributed by atoms with van der Waals surface area (Å²) in [6.45, 7) is 9.31. The Bertz CT molecular complexity index is 2200. The lowest BCUT2D eigenvalue weighted by Crippen LogP contribution is -2.18. The number of methoxy groups -OCH3 is 3. The molecule has 9 heteroatoms. The summed E-state index contributed by atoms with van der Waals surface area (Å²) in [4.78, 5) is 33.8. The molecule has 1 aliphatic carbocycles. The number of hydrogen-bond donors (Lipinski definition) is 3. The molecule has 3 N–H and O–H groups in total. The predicted octanol–water partition coefficient (Wildman–Crippen LogP) is 7.31. The third-order valence-corrected chi connectivity index (χ3v) is 9.36. The Kier molecular flexibility index (Phi) is 8.04. The molecule has 0 radical (unpaired) electrons. The summed E-state index contributed by atoms with van der Waals surface area (Å²) in [6.07, 6.45) is 5.65. The van der Waals surface area contributed by atoms with Crippen molar-refractivity contribution >= 4 is 60.6 Å². The van der Waals surface area contributed by atoms with E-state index in [1.165, 1.54) is 33.5 Å². The molecule has 0 bridgehead atoms. The molecule has 46 heavy (non-hydrogen) atoms. The normalized spacial score (nSPS) is 14.9. The average molecular weight is 625 g/mol. The van der Waals surface area contributed by atoms with E-state index in [0.29, 0.717) is 73.7 Å². The van der Waals surface area contributed by atoms with E-state index in [9.17, 15) is 19.8 Å². The number of hydrogen-bond acceptors (Lipinski definition) is 9. The van der Waals surface area contributed by atoms with Crippen molar-refractivity contribution in [1.82, 2.24) is 0 Å². The summed E-state index contributed by atoms with van der Waals surface area (Å²) in [5.74, 6) is -0.237. The molecule has 0 aliphatic heterocycles. The minimum Gasteiger partial charge on any atom is -0.507 e. The van der Waals surface area contributed by atoms with Gasteiger partial charge >= 0.3 is 0 Å². The monoisotopic (exact) mass is 624 g/mol. The second kappa shape index (κ2) is 11.9. The lowest BCUT2D eigenvalue weighted by molar-refractivity contribution is 0.406. The highest BCUT2D eigenvalue weighted by molar-refractivity contribution is 6.39. The first kappa shape index (κ1) is 31.2. The molecule has 1 atom stereocenters. The van der Waals surface area contributed by atoms with Crippen LogP contribution in [-0.4, -0.2) is 50.3 Å². The first-order chi connectivity index (χ1) is 22.2. The Labute approximate surface area is 266 Å². The van der Waals surface area contributed by atoms with Crippen LogP contribution in [0.25, 0.3) is 49.2 Å². The summed E-state index contributed by atoms with van der Waals surface area (Å²) in [5.41, 5.74) is 2.48. The topological polar surface area (TPSA) is 127 Å². The van der Waals surface area contributed by atoms with Crippen LogP contribution in [0.1, 0.15) is 70.4 Å². The fourth-order valence-electron chi connectivity index (χ4n) is 7.35. The number of allylic oxidation sites excluding steroid dienone is 1. The summed E-state index contributed by atoms with van der Waals surface area (Å²) in [6, 6.07) is 2.83. The van der Waals surface area contributed by atoms with Gasteiger partial charge in [0.05, 0.1) is 37.8 Å². The zero-order valence-electron chi connectivity index (χ0n) is 27.4. The molecular weight excluding hydrogens is 584 g/mol. The van der Waals surface area contributed by atoms with E-state index in [0.717, 1.165) is 37.0 Å². The molecule has 0 heterocycles. The smallest absolute Gasteiger partial charge is 0.232 e. The van der Waals surface area contributed by atoms with Crippen LogP contribution in [0.2, 0.25) is 0 Å². The van der Waals surface area contributed by atoms with Gasteiger partial charge in [0.25, 0.3) is 0 Å². The number of aromatic hydroxyl groups is 2. The highest BCUT2D eigenvalue weighted by Crippen LogP contribution is 2.56. The SMILES string of the molecule is CCCC/N=C(\C)C1C(C)=Cc2c(NCCCC)c(=O)c3c(O)cc(OC)c4c5c(OC)cc(O)c6c(=O)c(OC)c1c(c2c34)c65. The molecule has 5 aromatic carbocycles. The average Bonchev–Trinajstić information content (AvgIpc) is 3.16. The minimum absolute atomic E-state index is 0.0804. The Morgan fingerprint density at radius 1 is 0.804 bits per heavy atom. The molecule has 1 unspecified atom stereocenters. The molecule has 0 aromatic heterocycles. The van der Waals surface area contributed by atoms with Gasteiger partial charge in [0.2, 0.25) is 10.9 Å². The number of anilines is 1. The van der Waals surface area contributed by atoms with E-state index >= 15 is 0 Å². The molecule has 9 nitrogen and oxygen atoms in total. The second-order valence-electron chi connectivity index (χ2n) is 12.1. The zero-order valence-corrected chi connectivity index (χ0v) is 27.4. The van der Waals surface area contributed by atoms with E-state index in [4.69, 9.17) is 19.2 Å². The molecule has 6 rings (SSSR count). The van der Waals surface area contributed by atoms with Crippen LogP contribution in [0.5, 0.6) is 28.7 Å². The number of fused-ring (bicyclic) bond motifs is 1. The highest BCUT2D eigenvalue weighted by Gasteiger charge is 2.36. The van der Waals surface area contributed by atoms with Crippen molar-refractivity contribution in [3.63, 3.8) is 0 Å². The fourth-order valence-corrected chi connectivity index (χ4v) is 7.35. The number of nitrogens with one attached hydrogen (secondary N) is 1. The van der Waals surface area contributed by atoms with E-state index in [1.54, 1.807) is 0 Å². The molecule has 0 fully saturated rings. The largest absolute Gasteiger partial charge is 0.507 e. The quantitative estimate of drug-likeness (QED) is 0.0605. The van der Waals surface area contributed by atoms with Crippen molar-refractivity contribution in [2.45, 2.75) is 59.3 Å². The van der Waals surface area contributed by atoms with Gasteiger partial charge in [-0.05, 0) is 32.1 Å². The number of aliphatic imine (C=N–C) groups is 1. The number of rotatable bonds is 11. The van der Waals surface area contributed by atoms with Crippen molar-refractivity contribution in [3.05, 3.63) is 49.3 Å². The van der Waals surface area contributed by atoms with Crippen molar-refractivity contribution in [1.29, 1.82) is 0 Å². The molecule has 5 aromatic rings. The van der Waals surface area contributed by atoms with Crippen LogP contribution >= 0.6 is 0 Å². The number of nitrogens with zero attached hydrogens (tertiary/aromatic N) is 1. The lowest BCUT2D eigenvalue weighted by atomic mass is 9.80. The van der Waals surface area contributed by atoms with Gasteiger partial charge in [-0.1, -0.05) is 38.3 Å². The van der Waals surface area contributed by atoms with Gasteiger partial charge in [0.1, 0.15) is 23.0 Å². The van der Waals surface area contributed by atoms with Crippen LogP contribution in [0.3, 0.4) is 0 Å². The molecule has 240 valence electrons. The van der Waals surface area contributed by atoms with Crippen molar-refractivity contribution < 1.29 is 24.4 Å². The van der Waals surface area contributed by atoms with Gasteiger partial charge < -0.3 is 29.7 Å². The standard InChI is InChI=1S/C37H40N2O7/c1-8-10-12-38-18(4)24-17(3)14-19-25-30-26(35(42)34(19)39-13-11-9-2)20(40)15-22(44-5)28(30)29-23(45-6)16-21(41)27-32(29)31(25)33(24)37(46-7)36(27)43/h14-16,24,39-41H,8-13H2,1-7H3/b38-18+. The Morgan fingerprint density at radius 2 is 1.39 bits per heavy atom. The lowest BCUT2D eigenvalue weighted by Gasteiger charge is -2.25. The van der Waals surface area contributed by atoms with Crippen LogP contribution in [0.15, 0.2) is 32.3 Å². The van der Waals surface area contributed by atoms with E-state index < -0.39 is 11.3 Å². The van der Waals surface area contributed by atoms with Gasteiger partial charge in [0, 0.05) is 74.9 Å².